The summed E-state index contributed by atoms with van der Waals surface area (Å²) in [6, 6.07) is 15.9. The van der Waals surface area contributed by atoms with E-state index in [0.29, 0.717) is 13.0 Å². The van der Waals surface area contributed by atoms with Crippen LogP contribution in [-0.2, 0) is 17.6 Å². The molecule has 116 valence electrons. The fourth-order valence-electron chi connectivity index (χ4n) is 2.22. The summed E-state index contributed by atoms with van der Waals surface area (Å²) in [7, 11) is 0. The number of hydrogen-bond donors (Lipinski definition) is 1. The number of rotatable bonds is 7. The van der Waals surface area contributed by atoms with E-state index in [-0.39, 0.29) is 5.91 Å². The van der Waals surface area contributed by atoms with Crippen molar-refractivity contribution in [1.82, 2.24) is 0 Å². The Balaban J connectivity index is 1.81. The lowest BCUT2D eigenvalue weighted by Gasteiger charge is -2.07. The number of anilines is 1. The molecule has 0 aromatic heterocycles. The molecule has 0 heterocycles. The summed E-state index contributed by atoms with van der Waals surface area (Å²) >= 11 is 0. The van der Waals surface area contributed by atoms with E-state index < -0.39 is 0 Å². The van der Waals surface area contributed by atoms with Gasteiger partial charge in [-0.2, -0.15) is 0 Å². The molecule has 0 spiro atoms. The van der Waals surface area contributed by atoms with Gasteiger partial charge in [-0.25, -0.2) is 0 Å². The minimum Gasteiger partial charge on any atom is -0.494 e. The molecule has 3 heteroatoms. The first-order valence-electron chi connectivity index (χ1n) is 7.81. The standard InChI is InChI=1S/C19H23NO2/c1-3-15-5-7-16(8-6-15)9-14-19(21)20-17-10-12-18(13-11-17)22-4-2/h5-8,10-13H,3-4,9,14H2,1-2H3,(H,20,21). The molecular weight excluding hydrogens is 274 g/mol. The summed E-state index contributed by atoms with van der Waals surface area (Å²) in [5, 5.41) is 2.91. The highest BCUT2D eigenvalue weighted by atomic mass is 16.5. The smallest absolute Gasteiger partial charge is 0.224 e. The number of nitrogens with one attached hydrogen (secondary N) is 1. The zero-order valence-electron chi connectivity index (χ0n) is 13.3. The van der Waals surface area contributed by atoms with Gasteiger partial charge >= 0.3 is 0 Å². The van der Waals surface area contributed by atoms with E-state index in [9.17, 15) is 4.79 Å². The molecule has 3 nitrogen and oxygen atoms in total. The molecule has 0 unspecified atom stereocenters. The molecule has 0 saturated carbocycles. The van der Waals surface area contributed by atoms with Gasteiger partial charge in [0.25, 0.3) is 0 Å². The minimum absolute atomic E-state index is 0.0312. The predicted molar refractivity (Wildman–Crippen MR) is 90.4 cm³/mol. The molecule has 1 N–H and O–H groups in total. The van der Waals surface area contributed by atoms with E-state index in [1.54, 1.807) is 0 Å². The van der Waals surface area contributed by atoms with Crippen LogP contribution < -0.4 is 10.1 Å². The Labute approximate surface area is 132 Å². The van der Waals surface area contributed by atoms with Crippen LogP contribution in [-0.4, -0.2) is 12.5 Å². The molecule has 2 rings (SSSR count). The third kappa shape index (κ3) is 4.92. The average Bonchev–Trinajstić information content (AvgIpc) is 2.55. The number of amides is 1. The molecule has 1 amide bonds. The molecule has 0 saturated heterocycles. The van der Waals surface area contributed by atoms with Crippen molar-refractivity contribution in [3.63, 3.8) is 0 Å². The van der Waals surface area contributed by atoms with Crippen molar-refractivity contribution >= 4 is 11.6 Å². The molecule has 0 aliphatic heterocycles. The fraction of sp³-hybridized carbons (Fsp3) is 0.316. The SMILES string of the molecule is CCOc1ccc(NC(=O)CCc2ccc(CC)cc2)cc1. The van der Waals surface area contributed by atoms with Crippen LogP contribution in [0.1, 0.15) is 31.4 Å². The number of aryl methyl sites for hydroxylation is 2. The van der Waals surface area contributed by atoms with E-state index in [1.807, 2.05) is 31.2 Å². The van der Waals surface area contributed by atoms with Gasteiger partial charge < -0.3 is 10.1 Å². The Bertz CT molecular complexity index is 588. The molecule has 0 bridgehead atoms. The van der Waals surface area contributed by atoms with Crippen LogP contribution >= 0.6 is 0 Å². The summed E-state index contributed by atoms with van der Waals surface area (Å²) < 4.78 is 5.38. The van der Waals surface area contributed by atoms with Crippen LogP contribution in [0.5, 0.6) is 5.75 Å². The molecule has 2 aromatic rings. The normalized spacial score (nSPS) is 10.3. The zero-order valence-corrected chi connectivity index (χ0v) is 13.3. The monoisotopic (exact) mass is 297 g/mol. The lowest BCUT2D eigenvalue weighted by molar-refractivity contribution is -0.116. The molecule has 0 fully saturated rings. The second-order valence-electron chi connectivity index (χ2n) is 5.18. The molecule has 0 aliphatic rings. The van der Waals surface area contributed by atoms with Crippen LogP contribution in [0.2, 0.25) is 0 Å². The van der Waals surface area contributed by atoms with Gasteiger partial charge in [-0.15, -0.1) is 0 Å². The van der Waals surface area contributed by atoms with E-state index in [0.717, 1.165) is 24.3 Å². The maximum atomic E-state index is 12.0. The van der Waals surface area contributed by atoms with Gasteiger partial charge in [-0.05, 0) is 55.2 Å². The Morgan fingerprint density at radius 1 is 0.955 bits per heavy atom. The van der Waals surface area contributed by atoms with Crippen molar-refractivity contribution in [2.24, 2.45) is 0 Å². The number of carbonyl (C=O) groups is 1. The van der Waals surface area contributed by atoms with Crippen molar-refractivity contribution in [3.05, 3.63) is 59.7 Å². The van der Waals surface area contributed by atoms with Crippen LogP contribution in [0.15, 0.2) is 48.5 Å². The number of benzene rings is 2. The number of carbonyl (C=O) groups excluding carboxylic acids is 1. The highest BCUT2D eigenvalue weighted by molar-refractivity contribution is 5.90. The third-order valence-electron chi connectivity index (χ3n) is 3.52. The summed E-state index contributed by atoms with van der Waals surface area (Å²) in [4.78, 5) is 12.0. The van der Waals surface area contributed by atoms with Crippen molar-refractivity contribution in [3.8, 4) is 5.75 Å². The zero-order chi connectivity index (χ0) is 15.8. The van der Waals surface area contributed by atoms with E-state index in [1.165, 1.54) is 11.1 Å². The predicted octanol–water partition coefficient (Wildman–Crippen LogP) is 4.22. The second kappa shape index (κ2) is 8.23. The van der Waals surface area contributed by atoms with Crippen molar-refractivity contribution in [2.45, 2.75) is 33.1 Å². The Kier molecular flexibility index (Phi) is 6.01. The first-order chi connectivity index (χ1) is 10.7. The van der Waals surface area contributed by atoms with Gasteiger partial charge in [-0.1, -0.05) is 31.2 Å². The average molecular weight is 297 g/mol. The first-order valence-corrected chi connectivity index (χ1v) is 7.81. The topological polar surface area (TPSA) is 38.3 Å². The number of hydrogen-bond acceptors (Lipinski definition) is 2. The van der Waals surface area contributed by atoms with Gasteiger partial charge in [0.1, 0.15) is 5.75 Å². The lowest BCUT2D eigenvalue weighted by atomic mass is 10.1. The van der Waals surface area contributed by atoms with Crippen molar-refractivity contribution < 1.29 is 9.53 Å². The molecule has 22 heavy (non-hydrogen) atoms. The molecule has 2 aromatic carbocycles. The maximum absolute atomic E-state index is 12.0. The summed E-state index contributed by atoms with van der Waals surface area (Å²) in [5.74, 6) is 0.847. The van der Waals surface area contributed by atoms with Gasteiger partial charge in [0, 0.05) is 12.1 Å². The first kappa shape index (κ1) is 16.1. The highest BCUT2D eigenvalue weighted by Gasteiger charge is 2.04. The van der Waals surface area contributed by atoms with Crippen molar-refractivity contribution in [2.75, 3.05) is 11.9 Å². The third-order valence-corrected chi connectivity index (χ3v) is 3.52. The lowest BCUT2D eigenvalue weighted by Crippen LogP contribution is -2.12. The van der Waals surface area contributed by atoms with E-state index >= 15 is 0 Å². The Morgan fingerprint density at radius 3 is 2.18 bits per heavy atom. The van der Waals surface area contributed by atoms with Gasteiger partial charge in [0.15, 0.2) is 0 Å². The summed E-state index contributed by atoms with van der Waals surface area (Å²) in [6.45, 7) is 4.73. The van der Waals surface area contributed by atoms with Gasteiger partial charge in [-0.3, -0.25) is 4.79 Å². The van der Waals surface area contributed by atoms with E-state index in [4.69, 9.17) is 4.74 Å². The van der Waals surface area contributed by atoms with Crippen LogP contribution in [0.3, 0.4) is 0 Å². The Morgan fingerprint density at radius 2 is 1.59 bits per heavy atom. The second-order valence-corrected chi connectivity index (χ2v) is 5.18. The molecular formula is C19H23NO2. The summed E-state index contributed by atoms with van der Waals surface area (Å²) in [5.41, 5.74) is 3.32. The molecule has 0 atom stereocenters. The van der Waals surface area contributed by atoms with Gasteiger partial charge in [0.2, 0.25) is 5.91 Å². The molecule has 0 aliphatic carbocycles. The number of ether oxygens (including phenoxy) is 1. The summed E-state index contributed by atoms with van der Waals surface area (Å²) in [6.07, 6.45) is 2.28. The van der Waals surface area contributed by atoms with Crippen LogP contribution in [0.25, 0.3) is 0 Å². The maximum Gasteiger partial charge on any atom is 0.224 e. The highest BCUT2D eigenvalue weighted by Crippen LogP contribution is 2.16. The molecule has 0 radical (unpaired) electrons. The largest absolute Gasteiger partial charge is 0.494 e. The Hall–Kier alpha value is -2.29. The minimum atomic E-state index is 0.0312. The van der Waals surface area contributed by atoms with E-state index in [2.05, 4.69) is 36.5 Å². The van der Waals surface area contributed by atoms with Crippen LogP contribution in [0.4, 0.5) is 5.69 Å². The van der Waals surface area contributed by atoms with Crippen LogP contribution in [0, 0.1) is 0 Å². The van der Waals surface area contributed by atoms with Gasteiger partial charge in [0.05, 0.1) is 6.61 Å². The quantitative estimate of drug-likeness (QED) is 0.831. The van der Waals surface area contributed by atoms with Crippen molar-refractivity contribution in [1.29, 1.82) is 0 Å². The fourth-order valence-corrected chi connectivity index (χ4v) is 2.22.